The molecule has 0 bridgehead atoms. The van der Waals surface area contributed by atoms with E-state index < -0.39 is 0 Å². The van der Waals surface area contributed by atoms with Crippen LogP contribution in [-0.4, -0.2) is 48.5 Å². The summed E-state index contributed by atoms with van der Waals surface area (Å²) in [5.41, 5.74) is 4.82. The second kappa shape index (κ2) is 8.39. The van der Waals surface area contributed by atoms with Crippen LogP contribution in [-0.2, 0) is 4.79 Å². The van der Waals surface area contributed by atoms with Crippen LogP contribution in [0.1, 0.15) is 16.7 Å². The Labute approximate surface area is 165 Å². The van der Waals surface area contributed by atoms with Gasteiger partial charge in [0.2, 0.25) is 5.91 Å². The van der Waals surface area contributed by atoms with E-state index in [0.29, 0.717) is 12.1 Å². The van der Waals surface area contributed by atoms with Gasteiger partial charge in [0.05, 0.1) is 11.5 Å². The third-order valence-electron chi connectivity index (χ3n) is 5.23. The fourth-order valence-corrected chi connectivity index (χ4v) is 3.60. The van der Waals surface area contributed by atoms with Crippen LogP contribution in [0.15, 0.2) is 36.4 Å². The number of benzene rings is 2. The molecule has 0 spiro atoms. The lowest BCUT2D eigenvalue weighted by Crippen LogP contribution is -2.48. The van der Waals surface area contributed by atoms with E-state index in [2.05, 4.69) is 15.1 Å². The Kier molecular flexibility index (Phi) is 5.94. The molecule has 0 atom stereocenters. The van der Waals surface area contributed by atoms with Crippen LogP contribution in [0.5, 0.6) is 0 Å². The highest BCUT2D eigenvalue weighted by molar-refractivity contribution is 5.93. The first-order chi connectivity index (χ1) is 13.3. The Morgan fingerprint density at radius 3 is 2.25 bits per heavy atom. The highest BCUT2D eigenvalue weighted by atomic mass is 16.6. The third-order valence-corrected chi connectivity index (χ3v) is 5.23. The Bertz CT molecular complexity index is 869. The molecular formula is C21H26N4O3. The molecule has 3 rings (SSSR count). The molecule has 0 aliphatic carbocycles. The lowest BCUT2D eigenvalue weighted by atomic mass is 10.1. The number of rotatable bonds is 5. The summed E-state index contributed by atoms with van der Waals surface area (Å²) in [6.45, 7) is 9.23. The number of hydrogen-bond acceptors (Lipinski definition) is 5. The molecule has 148 valence electrons. The van der Waals surface area contributed by atoms with Crippen LogP contribution >= 0.6 is 0 Å². The van der Waals surface area contributed by atoms with E-state index in [0.717, 1.165) is 48.7 Å². The second-order valence-electron chi connectivity index (χ2n) is 7.31. The summed E-state index contributed by atoms with van der Waals surface area (Å²) in [5.74, 6) is -0.00275. The quantitative estimate of drug-likeness (QED) is 0.634. The molecule has 0 aromatic heterocycles. The summed E-state index contributed by atoms with van der Waals surface area (Å²) >= 11 is 0. The molecule has 2 aromatic rings. The number of anilines is 2. The summed E-state index contributed by atoms with van der Waals surface area (Å²) in [7, 11) is 0. The molecule has 1 heterocycles. The minimum Gasteiger partial charge on any atom is -0.369 e. The number of carbonyl (C=O) groups excluding carboxylic acids is 1. The average molecular weight is 382 g/mol. The monoisotopic (exact) mass is 382 g/mol. The van der Waals surface area contributed by atoms with E-state index in [1.54, 1.807) is 19.1 Å². The first-order valence-corrected chi connectivity index (χ1v) is 9.43. The van der Waals surface area contributed by atoms with Gasteiger partial charge in [-0.1, -0.05) is 18.2 Å². The zero-order chi connectivity index (χ0) is 20.3. The van der Waals surface area contributed by atoms with Gasteiger partial charge in [-0.05, 0) is 44.0 Å². The zero-order valence-corrected chi connectivity index (χ0v) is 16.6. The minimum absolute atomic E-state index is 0.00275. The van der Waals surface area contributed by atoms with Crippen LogP contribution in [0.2, 0.25) is 0 Å². The van der Waals surface area contributed by atoms with Crippen molar-refractivity contribution in [2.75, 3.05) is 42.9 Å². The molecule has 1 N–H and O–H groups in total. The number of piperazine rings is 1. The molecule has 1 fully saturated rings. The van der Waals surface area contributed by atoms with Gasteiger partial charge >= 0.3 is 0 Å². The second-order valence-corrected chi connectivity index (χ2v) is 7.31. The number of carbonyl (C=O) groups is 1. The number of para-hydroxylation sites is 1. The van der Waals surface area contributed by atoms with E-state index >= 15 is 0 Å². The van der Waals surface area contributed by atoms with E-state index in [9.17, 15) is 14.9 Å². The van der Waals surface area contributed by atoms with Crippen molar-refractivity contribution in [1.82, 2.24) is 4.90 Å². The van der Waals surface area contributed by atoms with Crippen molar-refractivity contribution in [1.29, 1.82) is 0 Å². The van der Waals surface area contributed by atoms with E-state index in [-0.39, 0.29) is 16.5 Å². The summed E-state index contributed by atoms with van der Waals surface area (Å²) < 4.78 is 0. The maximum absolute atomic E-state index is 12.5. The lowest BCUT2D eigenvalue weighted by molar-refractivity contribution is -0.385. The fourth-order valence-electron chi connectivity index (χ4n) is 3.60. The predicted octanol–water partition coefficient (Wildman–Crippen LogP) is 3.28. The van der Waals surface area contributed by atoms with Gasteiger partial charge in [0.1, 0.15) is 0 Å². The number of nitro benzene ring substituents is 1. The number of hydrogen-bond donors (Lipinski definition) is 1. The van der Waals surface area contributed by atoms with Crippen molar-refractivity contribution in [2.45, 2.75) is 20.8 Å². The Hall–Kier alpha value is -2.93. The van der Waals surface area contributed by atoms with Crippen molar-refractivity contribution in [3.63, 3.8) is 0 Å². The van der Waals surface area contributed by atoms with Crippen molar-refractivity contribution in [3.05, 3.63) is 63.2 Å². The largest absolute Gasteiger partial charge is 0.369 e. The normalized spacial score (nSPS) is 14.8. The summed E-state index contributed by atoms with van der Waals surface area (Å²) in [4.78, 5) is 27.4. The molecule has 0 saturated carbocycles. The SMILES string of the molecule is Cc1cc(N2CCN(CC(=O)Nc3c(C)cccc3C)CC2)ccc1[N+](=O)[O-]. The number of nitrogens with zero attached hydrogens (tertiary/aromatic N) is 3. The van der Waals surface area contributed by atoms with Crippen molar-refractivity contribution in [2.24, 2.45) is 0 Å². The van der Waals surface area contributed by atoms with Crippen molar-refractivity contribution >= 4 is 23.0 Å². The number of aryl methyl sites for hydroxylation is 3. The molecule has 7 heteroatoms. The summed E-state index contributed by atoms with van der Waals surface area (Å²) in [5, 5.41) is 14.0. The molecule has 0 unspecified atom stereocenters. The molecule has 1 saturated heterocycles. The Balaban J connectivity index is 1.55. The smallest absolute Gasteiger partial charge is 0.272 e. The van der Waals surface area contributed by atoms with Gasteiger partial charge in [0.25, 0.3) is 5.69 Å². The molecule has 0 radical (unpaired) electrons. The van der Waals surface area contributed by atoms with Crippen LogP contribution in [0.4, 0.5) is 17.1 Å². The molecule has 28 heavy (non-hydrogen) atoms. The van der Waals surface area contributed by atoms with Gasteiger partial charge in [-0.25, -0.2) is 0 Å². The molecule has 7 nitrogen and oxygen atoms in total. The number of nitrogens with one attached hydrogen (secondary N) is 1. The average Bonchev–Trinajstić information content (AvgIpc) is 2.65. The fraction of sp³-hybridized carbons (Fsp3) is 0.381. The van der Waals surface area contributed by atoms with Gasteiger partial charge in [-0.2, -0.15) is 0 Å². The van der Waals surface area contributed by atoms with Crippen molar-refractivity contribution in [3.8, 4) is 0 Å². The van der Waals surface area contributed by atoms with Gasteiger partial charge in [0.15, 0.2) is 0 Å². The van der Waals surface area contributed by atoms with Crippen LogP contribution < -0.4 is 10.2 Å². The maximum atomic E-state index is 12.5. The molecular weight excluding hydrogens is 356 g/mol. The van der Waals surface area contributed by atoms with Crippen LogP contribution in [0, 0.1) is 30.9 Å². The summed E-state index contributed by atoms with van der Waals surface area (Å²) in [6, 6.07) is 11.2. The van der Waals surface area contributed by atoms with Crippen molar-refractivity contribution < 1.29 is 9.72 Å². The van der Waals surface area contributed by atoms with Gasteiger partial charge < -0.3 is 10.2 Å². The molecule has 1 aliphatic rings. The summed E-state index contributed by atoms with van der Waals surface area (Å²) in [6.07, 6.45) is 0. The predicted molar refractivity (Wildman–Crippen MR) is 111 cm³/mol. The molecule has 1 aliphatic heterocycles. The lowest BCUT2D eigenvalue weighted by Gasteiger charge is -2.35. The highest BCUT2D eigenvalue weighted by Gasteiger charge is 2.21. The zero-order valence-electron chi connectivity index (χ0n) is 16.6. The molecule has 1 amide bonds. The number of nitro groups is 1. The minimum atomic E-state index is -0.355. The Morgan fingerprint density at radius 2 is 1.68 bits per heavy atom. The highest BCUT2D eigenvalue weighted by Crippen LogP contribution is 2.25. The van der Waals surface area contributed by atoms with Gasteiger partial charge in [-0.15, -0.1) is 0 Å². The van der Waals surface area contributed by atoms with Crippen LogP contribution in [0.3, 0.4) is 0 Å². The standard InChI is InChI=1S/C21H26N4O3/c1-15-5-4-6-16(2)21(15)22-20(26)14-23-9-11-24(12-10-23)18-7-8-19(25(27)28)17(3)13-18/h4-8,13H,9-12,14H2,1-3H3,(H,22,26). The van der Waals surface area contributed by atoms with Gasteiger partial charge in [-0.3, -0.25) is 19.8 Å². The van der Waals surface area contributed by atoms with E-state index in [1.165, 1.54) is 0 Å². The topological polar surface area (TPSA) is 78.7 Å². The van der Waals surface area contributed by atoms with E-state index in [1.807, 2.05) is 38.1 Å². The van der Waals surface area contributed by atoms with E-state index in [4.69, 9.17) is 0 Å². The first-order valence-electron chi connectivity index (χ1n) is 9.43. The van der Waals surface area contributed by atoms with Gasteiger partial charge in [0, 0.05) is 49.2 Å². The maximum Gasteiger partial charge on any atom is 0.272 e. The third kappa shape index (κ3) is 4.48. The molecule has 2 aromatic carbocycles. The van der Waals surface area contributed by atoms with Crippen LogP contribution in [0.25, 0.3) is 0 Å². The first kappa shape index (κ1) is 19.8. The Morgan fingerprint density at radius 1 is 1.04 bits per heavy atom. The number of amides is 1.